The molecular weight excluding hydrogens is 271 g/mol. The Balaban J connectivity index is 2.33. The van der Waals surface area contributed by atoms with E-state index in [4.69, 9.17) is 22.1 Å². The average Bonchev–Trinajstić information content (AvgIpc) is 2.31. The quantitative estimate of drug-likeness (QED) is 0.818. The monoisotopic (exact) mass is 288 g/mol. The van der Waals surface area contributed by atoms with Gasteiger partial charge in [-0.3, -0.25) is 0 Å². The van der Waals surface area contributed by atoms with E-state index < -0.39 is 11.4 Å². The minimum absolute atomic E-state index is 0.00692. The number of halogens is 2. The van der Waals surface area contributed by atoms with Crippen molar-refractivity contribution in [3.05, 3.63) is 23.0 Å². The fourth-order valence-corrected chi connectivity index (χ4v) is 2.57. The van der Waals surface area contributed by atoms with Gasteiger partial charge in [0.15, 0.2) is 0 Å². The second-order valence-electron chi connectivity index (χ2n) is 5.39. The fraction of sp³-hybridized carbons (Fsp3) is 0.538. The molecule has 0 amide bonds. The van der Waals surface area contributed by atoms with Crippen LogP contribution >= 0.6 is 11.6 Å². The van der Waals surface area contributed by atoms with Crippen molar-refractivity contribution in [2.45, 2.75) is 25.6 Å². The number of hydrogen-bond donors (Lipinski definition) is 2. The maximum Gasteiger partial charge on any atom is 0.144 e. The van der Waals surface area contributed by atoms with Gasteiger partial charge in [0.1, 0.15) is 5.82 Å². The van der Waals surface area contributed by atoms with E-state index in [0.717, 1.165) is 0 Å². The molecule has 4 nitrogen and oxygen atoms in total. The molecule has 0 aliphatic carbocycles. The number of benzene rings is 1. The number of nitrogen functional groups attached to an aromatic ring is 1. The summed E-state index contributed by atoms with van der Waals surface area (Å²) < 4.78 is 19.3. The second-order valence-corrected chi connectivity index (χ2v) is 5.79. The number of aliphatic hydroxyl groups excluding tert-OH is 1. The lowest BCUT2D eigenvalue weighted by Gasteiger charge is -2.43. The molecule has 106 valence electrons. The van der Waals surface area contributed by atoms with Crippen molar-refractivity contribution in [1.82, 2.24) is 0 Å². The SMILES string of the molecule is CC1(C)CN(c2cc(F)c(Cl)cc2N)CC(CO)O1. The zero-order chi connectivity index (χ0) is 14.2. The van der Waals surface area contributed by atoms with E-state index in [1.54, 1.807) is 0 Å². The Labute approximate surface area is 116 Å². The number of aliphatic hydroxyl groups is 1. The van der Waals surface area contributed by atoms with Crippen LogP contribution in [0, 0.1) is 5.82 Å². The van der Waals surface area contributed by atoms with E-state index in [1.165, 1.54) is 12.1 Å². The first-order valence-corrected chi connectivity index (χ1v) is 6.48. The smallest absolute Gasteiger partial charge is 0.144 e. The predicted octanol–water partition coefficient (Wildman–Crippen LogP) is 2.04. The molecule has 1 saturated heterocycles. The summed E-state index contributed by atoms with van der Waals surface area (Å²) in [6, 6.07) is 2.73. The number of rotatable bonds is 2. The number of hydrogen-bond acceptors (Lipinski definition) is 4. The molecule has 0 bridgehead atoms. The molecule has 1 aliphatic rings. The lowest BCUT2D eigenvalue weighted by molar-refractivity contribution is -0.100. The largest absolute Gasteiger partial charge is 0.397 e. The van der Waals surface area contributed by atoms with Crippen molar-refractivity contribution >= 4 is 23.0 Å². The minimum Gasteiger partial charge on any atom is -0.397 e. The lowest BCUT2D eigenvalue weighted by Crippen LogP contribution is -2.54. The molecule has 0 saturated carbocycles. The Morgan fingerprint density at radius 3 is 2.89 bits per heavy atom. The first-order chi connectivity index (χ1) is 8.82. The number of morpholine rings is 1. The summed E-state index contributed by atoms with van der Waals surface area (Å²) in [6.07, 6.45) is -0.318. The van der Waals surface area contributed by atoms with Gasteiger partial charge in [-0.15, -0.1) is 0 Å². The number of nitrogens with zero attached hydrogens (tertiary/aromatic N) is 1. The van der Waals surface area contributed by atoms with Gasteiger partial charge in [0.2, 0.25) is 0 Å². The van der Waals surface area contributed by atoms with Crippen LogP contribution in [-0.4, -0.2) is 36.5 Å². The van der Waals surface area contributed by atoms with E-state index in [0.29, 0.717) is 24.5 Å². The zero-order valence-corrected chi connectivity index (χ0v) is 11.7. The van der Waals surface area contributed by atoms with E-state index in [9.17, 15) is 9.50 Å². The molecule has 0 aromatic heterocycles. The molecule has 1 aliphatic heterocycles. The van der Waals surface area contributed by atoms with Gasteiger partial charge in [-0.25, -0.2) is 4.39 Å². The van der Waals surface area contributed by atoms with Crippen LogP contribution in [0.15, 0.2) is 12.1 Å². The zero-order valence-electron chi connectivity index (χ0n) is 11.0. The summed E-state index contributed by atoms with van der Waals surface area (Å²) >= 11 is 5.70. The van der Waals surface area contributed by atoms with Crippen molar-refractivity contribution in [2.24, 2.45) is 0 Å². The van der Waals surface area contributed by atoms with Crippen LogP contribution in [0.3, 0.4) is 0 Å². The van der Waals surface area contributed by atoms with Gasteiger partial charge in [-0.05, 0) is 19.9 Å². The highest BCUT2D eigenvalue weighted by Crippen LogP contribution is 2.33. The highest BCUT2D eigenvalue weighted by atomic mass is 35.5. The number of nitrogens with two attached hydrogens (primary N) is 1. The molecule has 1 fully saturated rings. The molecule has 0 spiro atoms. The summed E-state index contributed by atoms with van der Waals surface area (Å²) in [5, 5.41) is 9.28. The maximum atomic E-state index is 13.6. The van der Waals surface area contributed by atoms with Crippen molar-refractivity contribution in [1.29, 1.82) is 0 Å². The molecule has 0 radical (unpaired) electrons. The van der Waals surface area contributed by atoms with Crippen LogP contribution in [0.4, 0.5) is 15.8 Å². The third kappa shape index (κ3) is 3.11. The fourth-order valence-electron chi connectivity index (χ4n) is 2.40. The van der Waals surface area contributed by atoms with Crippen LogP contribution in [0.2, 0.25) is 5.02 Å². The second kappa shape index (κ2) is 5.15. The first-order valence-electron chi connectivity index (χ1n) is 6.10. The van der Waals surface area contributed by atoms with E-state index in [-0.39, 0.29) is 17.7 Å². The third-order valence-electron chi connectivity index (χ3n) is 3.10. The summed E-state index contributed by atoms with van der Waals surface area (Å²) in [7, 11) is 0. The Morgan fingerprint density at radius 2 is 2.26 bits per heavy atom. The molecule has 19 heavy (non-hydrogen) atoms. The molecule has 1 aromatic rings. The Hall–Kier alpha value is -1.04. The molecule has 1 heterocycles. The van der Waals surface area contributed by atoms with Gasteiger partial charge in [-0.2, -0.15) is 0 Å². The average molecular weight is 289 g/mol. The summed E-state index contributed by atoms with van der Waals surface area (Å²) in [5.74, 6) is -0.504. The van der Waals surface area contributed by atoms with Gasteiger partial charge < -0.3 is 20.5 Å². The van der Waals surface area contributed by atoms with Gasteiger partial charge in [-0.1, -0.05) is 11.6 Å². The van der Waals surface area contributed by atoms with Crippen molar-refractivity contribution in [3.8, 4) is 0 Å². The Bertz CT molecular complexity index is 482. The Kier molecular flexibility index (Phi) is 3.90. The minimum atomic E-state index is -0.504. The van der Waals surface area contributed by atoms with Crippen molar-refractivity contribution in [3.63, 3.8) is 0 Å². The Morgan fingerprint density at radius 1 is 1.58 bits per heavy atom. The number of anilines is 2. The van der Waals surface area contributed by atoms with Gasteiger partial charge in [0.05, 0.1) is 34.7 Å². The van der Waals surface area contributed by atoms with E-state index in [2.05, 4.69) is 0 Å². The molecule has 1 atom stereocenters. The highest BCUT2D eigenvalue weighted by Gasteiger charge is 2.34. The van der Waals surface area contributed by atoms with Gasteiger partial charge in [0, 0.05) is 19.2 Å². The van der Waals surface area contributed by atoms with Crippen molar-refractivity contribution < 1.29 is 14.2 Å². The summed E-state index contributed by atoms with van der Waals surface area (Å²) in [6.45, 7) is 4.78. The van der Waals surface area contributed by atoms with E-state index in [1.807, 2.05) is 18.7 Å². The van der Waals surface area contributed by atoms with Crippen LogP contribution < -0.4 is 10.6 Å². The third-order valence-corrected chi connectivity index (χ3v) is 3.38. The topological polar surface area (TPSA) is 58.7 Å². The van der Waals surface area contributed by atoms with Crippen LogP contribution in [0.1, 0.15) is 13.8 Å². The molecule has 3 N–H and O–H groups in total. The van der Waals surface area contributed by atoms with E-state index >= 15 is 0 Å². The predicted molar refractivity (Wildman–Crippen MR) is 74.1 cm³/mol. The molecule has 1 unspecified atom stereocenters. The standard InChI is InChI=1S/C13H18ClFN2O2/c1-13(2)7-17(5-8(6-18)19-13)12-4-10(15)9(14)3-11(12)16/h3-4,8,18H,5-7,16H2,1-2H3. The van der Waals surface area contributed by atoms with Crippen LogP contribution in [0.25, 0.3) is 0 Å². The summed E-state index contributed by atoms with van der Waals surface area (Å²) in [5.41, 5.74) is 6.46. The summed E-state index contributed by atoms with van der Waals surface area (Å²) in [4.78, 5) is 1.92. The van der Waals surface area contributed by atoms with Crippen LogP contribution in [-0.2, 0) is 4.74 Å². The molecule has 6 heteroatoms. The van der Waals surface area contributed by atoms with Gasteiger partial charge in [0.25, 0.3) is 0 Å². The highest BCUT2D eigenvalue weighted by molar-refractivity contribution is 6.31. The molecule has 2 rings (SSSR count). The maximum absolute atomic E-state index is 13.6. The van der Waals surface area contributed by atoms with Crippen LogP contribution in [0.5, 0.6) is 0 Å². The molecule has 1 aromatic carbocycles. The normalized spacial score (nSPS) is 22.6. The lowest BCUT2D eigenvalue weighted by atomic mass is 10.0. The first kappa shape index (κ1) is 14.4. The van der Waals surface area contributed by atoms with Crippen molar-refractivity contribution in [2.75, 3.05) is 30.3 Å². The number of ether oxygens (including phenoxy) is 1. The molecular formula is C13H18ClFN2O2. The van der Waals surface area contributed by atoms with Gasteiger partial charge >= 0.3 is 0 Å².